The van der Waals surface area contributed by atoms with Crippen molar-refractivity contribution in [1.82, 2.24) is 5.32 Å². The van der Waals surface area contributed by atoms with E-state index < -0.39 is 17.7 Å². The van der Waals surface area contributed by atoms with E-state index in [1.807, 2.05) is 30.3 Å². The van der Waals surface area contributed by atoms with E-state index in [1.165, 1.54) is 12.1 Å². The van der Waals surface area contributed by atoms with E-state index in [0.717, 1.165) is 17.7 Å². The van der Waals surface area contributed by atoms with Gasteiger partial charge < -0.3 is 10.1 Å². The van der Waals surface area contributed by atoms with E-state index in [2.05, 4.69) is 11.9 Å². The summed E-state index contributed by atoms with van der Waals surface area (Å²) in [6.45, 7) is 6.04. The molecule has 28 heavy (non-hydrogen) atoms. The van der Waals surface area contributed by atoms with Crippen LogP contribution < -0.4 is 5.32 Å². The van der Waals surface area contributed by atoms with Gasteiger partial charge in [-0.15, -0.1) is 0 Å². The third-order valence-corrected chi connectivity index (χ3v) is 4.67. The minimum absolute atomic E-state index is 0.117. The fourth-order valence-electron chi connectivity index (χ4n) is 3.29. The van der Waals surface area contributed by atoms with Crippen LogP contribution in [0.25, 0.3) is 0 Å². The van der Waals surface area contributed by atoms with Crippen LogP contribution in [0, 0.1) is 0 Å². The normalized spacial score (nSPS) is 17.3. The average molecular weight is 387 g/mol. The first-order chi connectivity index (χ1) is 13.3. The van der Waals surface area contributed by atoms with Gasteiger partial charge >= 0.3 is 6.18 Å². The molecule has 0 aliphatic carbocycles. The summed E-state index contributed by atoms with van der Waals surface area (Å²) in [4.78, 5) is 12.0. The summed E-state index contributed by atoms with van der Waals surface area (Å²) in [5.74, 6) is -0.215. The molecule has 2 aromatic carbocycles. The molecule has 0 aromatic heterocycles. The number of allylic oxidation sites excluding steroid dienone is 2. The van der Waals surface area contributed by atoms with Crippen LogP contribution in [-0.4, -0.2) is 5.91 Å². The number of hydrogen-bond donors (Lipinski definition) is 1. The summed E-state index contributed by atoms with van der Waals surface area (Å²) in [6.07, 6.45) is -4.29. The first kappa shape index (κ1) is 19.7. The van der Waals surface area contributed by atoms with Crippen LogP contribution in [0.15, 0.2) is 78.2 Å². The van der Waals surface area contributed by atoms with Crippen molar-refractivity contribution in [1.29, 1.82) is 0 Å². The minimum atomic E-state index is -4.40. The Bertz CT molecular complexity index is 900. The average Bonchev–Trinajstić information content (AvgIpc) is 2.66. The summed E-state index contributed by atoms with van der Waals surface area (Å²) >= 11 is 0. The third-order valence-electron chi connectivity index (χ3n) is 4.67. The number of ether oxygens (including phenoxy) is 1. The van der Waals surface area contributed by atoms with Gasteiger partial charge in [-0.25, -0.2) is 0 Å². The van der Waals surface area contributed by atoms with E-state index in [1.54, 1.807) is 6.92 Å². The predicted octanol–water partition coefficient (Wildman–Crippen LogP) is 5.31. The zero-order valence-electron chi connectivity index (χ0n) is 15.3. The van der Waals surface area contributed by atoms with Gasteiger partial charge in [-0.2, -0.15) is 13.2 Å². The first-order valence-electron chi connectivity index (χ1n) is 8.79. The molecule has 0 saturated carbocycles. The Morgan fingerprint density at radius 3 is 2.39 bits per heavy atom. The molecule has 0 spiro atoms. The van der Waals surface area contributed by atoms with Crippen LogP contribution in [-0.2, 0) is 22.3 Å². The molecular formula is C22H20F3NO2. The molecule has 0 saturated heterocycles. The van der Waals surface area contributed by atoms with Crippen molar-refractivity contribution in [3.05, 3.63) is 94.9 Å². The highest BCUT2D eigenvalue weighted by Crippen LogP contribution is 2.38. The molecule has 0 radical (unpaired) electrons. The van der Waals surface area contributed by atoms with Crippen molar-refractivity contribution in [3.8, 4) is 0 Å². The van der Waals surface area contributed by atoms with Gasteiger partial charge in [0.25, 0.3) is 0 Å². The highest BCUT2D eigenvalue weighted by molar-refractivity contribution is 5.81. The molecule has 146 valence electrons. The minimum Gasteiger partial charge on any atom is -0.489 e. The first-order valence-corrected chi connectivity index (χ1v) is 8.79. The molecule has 3 nitrogen and oxygen atoms in total. The second-order valence-corrected chi connectivity index (χ2v) is 6.66. The zero-order valence-corrected chi connectivity index (χ0v) is 15.3. The summed E-state index contributed by atoms with van der Waals surface area (Å²) in [5, 5.41) is 2.76. The highest BCUT2D eigenvalue weighted by Gasteiger charge is 2.33. The molecule has 0 fully saturated rings. The Labute approximate surface area is 161 Å². The lowest BCUT2D eigenvalue weighted by atomic mass is 9.83. The second-order valence-electron chi connectivity index (χ2n) is 6.66. The Morgan fingerprint density at radius 1 is 1.14 bits per heavy atom. The van der Waals surface area contributed by atoms with Crippen LogP contribution in [0.2, 0.25) is 0 Å². The summed E-state index contributed by atoms with van der Waals surface area (Å²) in [6, 6.07) is 14.4. The Kier molecular flexibility index (Phi) is 5.58. The van der Waals surface area contributed by atoms with E-state index in [0.29, 0.717) is 29.2 Å². The molecular weight excluding hydrogens is 367 g/mol. The van der Waals surface area contributed by atoms with E-state index in [4.69, 9.17) is 4.74 Å². The Balaban J connectivity index is 1.85. The third kappa shape index (κ3) is 4.44. The maximum Gasteiger partial charge on any atom is 0.416 e. The summed E-state index contributed by atoms with van der Waals surface area (Å²) in [7, 11) is 0. The molecule has 2 aromatic rings. The number of halogens is 3. The topological polar surface area (TPSA) is 38.3 Å². The van der Waals surface area contributed by atoms with Crippen molar-refractivity contribution < 1.29 is 22.7 Å². The quantitative estimate of drug-likeness (QED) is 0.706. The van der Waals surface area contributed by atoms with Crippen molar-refractivity contribution in [2.45, 2.75) is 32.0 Å². The molecule has 1 amide bonds. The van der Waals surface area contributed by atoms with Gasteiger partial charge in [0.05, 0.1) is 5.56 Å². The number of rotatable bonds is 5. The molecule has 1 N–H and O–H groups in total. The Hall–Kier alpha value is -3.02. The lowest BCUT2D eigenvalue weighted by Crippen LogP contribution is -2.31. The molecule has 1 atom stereocenters. The Morgan fingerprint density at radius 2 is 1.79 bits per heavy atom. The number of carbonyl (C=O) groups is 1. The maximum absolute atomic E-state index is 12.8. The van der Waals surface area contributed by atoms with Gasteiger partial charge in [0.1, 0.15) is 12.4 Å². The van der Waals surface area contributed by atoms with Gasteiger partial charge in [-0.1, -0.05) is 49.0 Å². The number of benzene rings is 2. The van der Waals surface area contributed by atoms with Crippen LogP contribution >= 0.6 is 0 Å². The van der Waals surface area contributed by atoms with Gasteiger partial charge in [-0.3, -0.25) is 4.79 Å². The van der Waals surface area contributed by atoms with Crippen LogP contribution in [0.1, 0.15) is 36.0 Å². The number of amides is 1. The molecule has 1 aliphatic rings. The lowest BCUT2D eigenvalue weighted by Gasteiger charge is -2.29. The number of carbonyl (C=O) groups excluding carboxylic acids is 1. The van der Waals surface area contributed by atoms with Gasteiger partial charge in [-0.05, 0) is 30.2 Å². The number of alkyl halides is 3. The highest BCUT2D eigenvalue weighted by atomic mass is 19.4. The van der Waals surface area contributed by atoms with Crippen molar-refractivity contribution in [2.24, 2.45) is 0 Å². The van der Waals surface area contributed by atoms with Crippen LogP contribution in [0.3, 0.4) is 0 Å². The van der Waals surface area contributed by atoms with Gasteiger partial charge in [0, 0.05) is 23.6 Å². The number of hydrogen-bond acceptors (Lipinski definition) is 2. The monoisotopic (exact) mass is 387 g/mol. The van der Waals surface area contributed by atoms with Gasteiger partial charge in [0.15, 0.2) is 0 Å². The standard InChI is InChI=1S/C22H20F3NO2/c1-14-21(15(2)28-13-16-6-4-3-5-7-16)19(12-20(27)26-14)17-8-10-18(11-9-17)22(23,24)25/h3-11,19H,2,12-13H2,1H3,(H,26,27). The lowest BCUT2D eigenvalue weighted by molar-refractivity contribution is -0.137. The predicted molar refractivity (Wildman–Crippen MR) is 100 cm³/mol. The SMILES string of the molecule is C=C(OCc1ccccc1)C1=C(C)NC(=O)CC1c1ccc(C(F)(F)F)cc1. The smallest absolute Gasteiger partial charge is 0.416 e. The second kappa shape index (κ2) is 7.92. The molecule has 1 unspecified atom stereocenters. The molecule has 3 rings (SSSR count). The van der Waals surface area contributed by atoms with Crippen molar-refractivity contribution in [2.75, 3.05) is 0 Å². The maximum atomic E-state index is 12.8. The van der Waals surface area contributed by atoms with Crippen LogP contribution in [0.4, 0.5) is 13.2 Å². The van der Waals surface area contributed by atoms with Crippen molar-refractivity contribution in [3.63, 3.8) is 0 Å². The zero-order chi connectivity index (χ0) is 20.3. The fourth-order valence-corrected chi connectivity index (χ4v) is 3.29. The van der Waals surface area contributed by atoms with Crippen molar-refractivity contribution >= 4 is 5.91 Å². The molecule has 1 heterocycles. The molecule has 1 aliphatic heterocycles. The van der Waals surface area contributed by atoms with Gasteiger partial charge in [0.2, 0.25) is 5.91 Å². The van der Waals surface area contributed by atoms with E-state index in [9.17, 15) is 18.0 Å². The largest absolute Gasteiger partial charge is 0.489 e. The molecule has 0 bridgehead atoms. The summed E-state index contributed by atoms with van der Waals surface area (Å²) in [5.41, 5.74) is 2.14. The van der Waals surface area contributed by atoms with E-state index >= 15 is 0 Å². The summed E-state index contributed by atoms with van der Waals surface area (Å²) < 4.78 is 44.4. The number of nitrogens with one attached hydrogen (secondary N) is 1. The van der Waals surface area contributed by atoms with Crippen LogP contribution in [0.5, 0.6) is 0 Å². The molecule has 6 heteroatoms. The fraction of sp³-hybridized carbons (Fsp3) is 0.227. The van der Waals surface area contributed by atoms with E-state index in [-0.39, 0.29) is 12.3 Å².